The fraction of sp³-hybridized carbons (Fsp3) is 0.722. The molecule has 0 aromatic heterocycles. The Bertz CT molecular complexity index is 647. The van der Waals surface area contributed by atoms with Gasteiger partial charge in [0.05, 0.1) is 12.5 Å². The number of rotatable bonds is 15. The van der Waals surface area contributed by atoms with E-state index in [0.717, 1.165) is 0 Å². The predicted octanol–water partition coefficient (Wildman–Crippen LogP) is -1.96. The number of carboxylic acid groups (broad SMARTS) is 2. The van der Waals surface area contributed by atoms with Gasteiger partial charge in [-0.2, -0.15) is 12.6 Å². The molecule has 178 valence electrons. The van der Waals surface area contributed by atoms with Gasteiger partial charge in [-0.25, -0.2) is 4.79 Å². The summed E-state index contributed by atoms with van der Waals surface area (Å²) in [5.41, 5.74) is 11.3. The van der Waals surface area contributed by atoms with Gasteiger partial charge in [0.2, 0.25) is 17.7 Å². The van der Waals surface area contributed by atoms with Crippen molar-refractivity contribution in [3.05, 3.63) is 0 Å². The maximum absolute atomic E-state index is 12.7. The van der Waals surface area contributed by atoms with Crippen molar-refractivity contribution < 1.29 is 34.2 Å². The number of amides is 3. The van der Waals surface area contributed by atoms with Gasteiger partial charge in [0, 0.05) is 5.75 Å². The van der Waals surface area contributed by atoms with E-state index in [-0.39, 0.29) is 11.7 Å². The molecule has 0 rings (SSSR count). The van der Waals surface area contributed by atoms with Crippen LogP contribution in [0.3, 0.4) is 0 Å². The summed E-state index contributed by atoms with van der Waals surface area (Å²) in [5.74, 6) is -5.59. The number of unbranched alkanes of at least 4 members (excludes halogenated alkanes) is 1. The molecule has 0 aliphatic rings. The van der Waals surface area contributed by atoms with Gasteiger partial charge in [0.15, 0.2) is 0 Å². The maximum atomic E-state index is 12.7. The molecule has 0 aromatic carbocycles. The molecule has 0 saturated carbocycles. The molecule has 0 heterocycles. The van der Waals surface area contributed by atoms with Gasteiger partial charge in [-0.15, -0.1) is 0 Å². The highest BCUT2D eigenvalue weighted by atomic mass is 32.1. The molecule has 13 heteroatoms. The fourth-order valence-corrected chi connectivity index (χ4v) is 2.79. The number of carbonyl (C=O) groups excluding carboxylic acids is 3. The Morgan fingerprint density at radius 2 is 1.48 bits per heavy atom. The average molecular weight is 464 g/mol. The van der Waals surface area contributed by atoms with Crippen LogP contribution in [-0.2, 0) is 24.0 Å². The minimum atomic E-state index is -1.67. The molecule has 12 nitrogen and oxygen atoms in total. The highest BCUT2D eigenvalue weighted by Gasteiger charge is 2.31. The van der Waals surface area contributed by atoms with E-state index in [1.54, 1.807) is 13.8 Å². The quantitative estimate of drug-likeness (QED) is 0.0998. The molecule has 0 aromatic rings. The van der Waals surface area contributed by atoms with Gasteiger partial charge in [-0.1, -0.05) is 20.3 Å². The van der Waals surface area contributed by atoms with Crippen LogP contribution in [0.25, 0.3) is 0 Å². The minimum Gasteiger partial charge on any atom is -0.481 e. The second-order valence-electron chi connectivity index (χ2n) is 7.36. The van der Waals surface area contributed by atoms with Gasteiger partial charge >= 0.3 is 11.9 Å². The van der Waals surface area contributed by atoms with Crippen molar-refractivity contribution >= 4 is 42.3 Å². The van der Waals surface area contributed by atoms with Crippen LogP contribution in [0, 0.1) is 5.92 Å². The molecule has 3 amide bonds. The number of nitrogens with two attached hydrogens (primary N) is 2. The molecule has 0 fully saturated rings. The van der Waals surface area contributed by atoms with Crippen molar-refractivity contribution in [2.45, 2.75) is 63.7 Å². The largest absolute Gasteiger partial charge is 0.481 e. The molecule has 0 bridgehead atoms. The first-order valence-electron chi connectivity index (χ1n) is 9.86. The molecule has 4 atom stereocenters. The van der Waals surface area contributed by atoms with Crippen LogP contribution in [0.4, 0.5) is 0 Å². The van der Waals surface area contributed by atoms with Crippen LogP contribution in [0.2, 0.25) is 0 Å². The number of hydrogen-bond acceptors (Lipinski definition) is 8. The van der Waals surface area contributed by atoms with Crippen LogP contribution < -0.4 is 27.4 Å². The highest BCUT2D eigenvalue weighted by molar-refractivity contribution is 7.80. The lowest BCUT2D eigenvalue weighted by atomic mass is 10.0. The van der Waals surface area contributed by atoms with Gasteiger partial charge in [0.25, 0.3) is 0 Å². The third-order valence-corrected chi connectivity index (χ3v) is 4.73. The van der Waals surface area contributed by atoms with Gasteiger partial charge in [-0.3, -0.25) is 19.2 Å². The zero-order valence-electron chi connectivity index (χ0n) is 17.7. The zero-order valence-corrected chi connectivity index (χ0v) is 18.6. The van der Waals surface area contributed by atoms with Crippen molar-refractivity contribution in [3.8, 4) is 0 Å². The first-order valence-corrected chi connectivity index (χ1v) is 10.5. The van der Waals surface area contributed by atoms with E-state index in [9.17, 15) is 24.0 Å². The molecular formula is C18H33N5O7S. The monoisotopic (exact) mass is 463 g/mol. The van der Waals surface area contributed by atoms with Crippen molar-refractivity contribution in [2.75, 3.05) is 12.3 Å². The second-order valence-corrected chi connectivity index (χ2v) is 7.73. The number of aliphatic carboxylic acids is 2. The Morgan fingerprint density at radius 1 is 0.903 bits per heavy atom. The summed E-state index contributed by atoms with van der Waals surface area (Å²) >= 11 is 3.99. The Labute approximate surface area is 186 Å². The summed E-state index contributed by atoms with van der Waals surface area (Å²) in [6, 6.07) is -4.74. The topological polar surface area (TPSA) is 214 Å². The summed E-state index contributed by atoms with van der Waals surface area (Å²) in [6.45, 7) is 3.86. The third kappa shape index (κ3) is 11.0. The normalized spacial score (nSPS) is 14.8. The van der Waals surface area contributed by atoms with Crippen molar-refractivity contribution in [3.63, 3.8) is 0 Å². The second kappa shape index (κ2) is 14.6. The average Bonchev–Trinajstić information content (AvgIpc) is 2.68. The van der Waals surface area contributed by atoms with E-state index in [2.05, 4.69) is 28.6 Å². The Balaban J connectivity index is 5.09. The number of carboxylic acids is 2. The molecule has 0 aliphatic carbocycles. The van der Waals surface area contributed by atoms with Crippen LogP contribution >= 0.6 is 12.6 Å². The lowest BCUT2D eigenvalue weighted by Crippen LogP contribution is -2.59. The summed E-state index contributed by atoms with van der Waals surface area (Å²) < 4.78 is 0. The summed E-state index contributed by atoms with van der Waals surface area (Å²) in [4.78, 5) is 59.2. The standard InChI is InChI=1S/C18H33N5O7S/c1-9(2)14(23-15(26)10(20)5-3-4-6-19)17(28)22-12(8-31)16(27)21-11(18(29)30)7-13(24)25/h9-12,14,31H,3-8,19-20H2,1-2H3,(H,21,27)(H,22,28)(H,23,26)(H,24,25)(H,29,30). The van der Waals surface area contributed by atoms with E-state index < -0.39 is 60.2 Å². The first kappa shape index (κ1) is 28.6. The summed E-state index contributed by atoms with van der Waals surface area (Å²) in [7, 11) is 0. The van der Waals surface area contributed by atoms with E-state index in [1.807, 2.05) is 0 Å². The molecule has 4 unspecified atom stereocenters. The molecule has 9 N–H and O–H groups in total. The lowest BCUT2D eigenvalue weighted by Gasteiger charge is -2.26. The van der Waals surface area contributed by atoms with E-state index >= 15 is 0 Å². The number of nitrogens with one attached hydrogen (secondary N) is 3. The maximum Gasteiger partial charge on any atom is 0.326 e. The molecule has 0 aliphatic heterocycles. The van der Waals surface area contributed by atoms with Crippen LogP contribution in [0.15, 0.2) is 0 Å². The molecule has 31 heavy (non-hydrogen) atoms. The first-order chi connectivity index (χ1) is 14.4. The molecule has 0 spiro atoms. The molecular weight excluding hydrogens is 430 g/mol. The van der Waals surface area contributed by atoms with Crippen molar-refractivity contribution in [1.82, 2.24) is 16.0 Å². The fourth-order valence-electron chi connectivity index (χ4n) is 2.54. The third-order valence-electron chi connectivity index (χ3n) is 4.36. The van der Waals surface area contributed by atoms with Crippen molar-refractivity contribution in [2.24, 2.45) is 17.4 Å². The summed E-state index contributed by atoms with van der Waals surface area (Å²) in [5, 5.41) is 24.8. The van der Waals surface area contributed by atoms with E-state index in [4.69, 9.17) is 21.7 Å². The molecule has 0 radical (unpaired) electrons. The predicted molar refractivity (Wildman–Crippen MR) is 115 cm³/mol. The van der Waals surface area contributed by atoms with E-state index in [1.165, 1.54) is 0 Å². The Hall–Kier alpha value is -2.38. The molecule has 0 saturated heterocycles. The van der Waals surface area contributed by atoms with Gasteiger partial charge in [-0.05, 0) is 25.3 Å². The zero-order chi connectivity index (χ0) is 24.1. The van der Waals surface area contributed by atoms with Crippen molar-refractivity contribution in [1.29, 1.82) is 0 Å². The summed E-state index contributed by atoms with van der Waals surface area (Å²) in [6.07, 6.45) is 0.942. The van der Waals surface area contributed by atoms with Crippen LogP contribution in [-0.4, -0.2) is 76.3 Å². The van der Waals surface area contributed by atoms with Crippen LogP contribution in [0.5, 0.6) is 0 Å². The number of thiol groups is 1. The van der Waals surface area contributed by atoms with Crippen LogP contribution in [0.1, 0.15) is 39.5 Å². The van der Waals surface area contributed by atoms with Gasteiger partial charge < -0.3 is 37.6 Å². The van der Waals surface area contributed by atoms with E-state index in [0.29, 0.717) is 25.8 Å². The SMILES string of the molecule is CC(C)C(NC(=O)C(N)CCCCN)C(=O)NC(CS)C(=O)NC(CC(=O)O)C(=O)O. The number of hydrogen-bond donors (Lipinski definition) is 8. The van der Waals surface area contributed by atoms with Gasteiger partial charge in [0.1, 0.15) is 18.1 Å². The highest BCUT2D eigenvalue weighted by Crippen LogP contribution is 2.06. The Morgan fingerprint density at radius 3 is 1.94 bits per heavy atom. The number of carbonyl (C=O) groups is 5. The lowest BCUT2D eigenvalue weighted by molar-refractivity contribution is -0.147. The smallest absolute Gasteiger partial charge is 0.326 e. The Kier molecular flexibility index (Phi) is 13.5. The minimum absolute atomic E-state index is 0.186.